The molecule has 0 aliphatic carbocycles. The number of fused-ring (bicyclic) bond motifs is 12. The van der Waals surface area contributed by atoms with Crippen molar-refractivity contribution in [1.29, 1.82) is 0 Å². The van der Waals surface area contributed by atoms with Crippen molar-refractivity contribution in [3.63, 3.8) is 0 Å². The second kappa shape index (κ2) is 14.4. The third-order valence-electron chi connectivity index (χ3n) is 12.8. The van der Waals surface area contributed by atoms with Gasteiger partial charge < -0.3 is 19.4 Å². The van der Waals surface area contributed by atoms with E-state index in [2.05, 4.69) is 190 Å². The molecule has 302 valence electrons. The van der Waals surface area contributed by atoms with Crippen LogP contribution in [0.4, 0.5) is 0 Å². The monoisotopic (exact) mass is 838 g/mol. The summed E-state index contributed by atoms with van der Waals surface area (Å²) in [5, 5.41) is 9.55. The molecule has 0 amide bonds. The molecular formula is C57H38N6S. The summed E-state index contributed by atoms with van der Waals surface area (Å²) in [6, 6.07) is 73.4. The van der Waals surface area contributed by atoms with Gasteiger partial charge in [0.1, 0.15) is 12.5 Å². The lowest BCUT2D eigenvalue weighted by Gasteiger charge is -2.16. The van der Waals surface area contributed by atoms with Crippen LogP contribution in [-0.4, -0.2) is 25.4 Å². The molecule has 0 fully saturated rings. The molecule has 6 nitrogen and oxygen atoms in total. The highest BCUT2D eigenvalue weighted by Gasteiger charge is 2.26. The molecule has 0 unspecified atom stereocenters. The maximum absolute atomic E-state index is 6.86. The van der Waals surface area contributed by atoms with Crippen LogP contribution in [-0.2, 0) is 6.67 Å². The van der Waals surface area contributed by atoms with E-state index >= 15 is 0 Å². The molecular weight excluding hydrogens is 801 g/mol. The first-order valence-corrected chi connectivity index (χ1v) is 22.4. The lowest BCUT2D eigenvalue weighted by molar-refractivity contribution is 0.790. The van der Waals surface area contributed by atoms with Gasteiger partial charge in [-0.05, 0) is 54.6 Å². The highest BCUT2D eigenvalue weighted by Crippen LogP contribution is 2.46. The van der Waals surface area contributed by atoms with Crippen molar-refractivity contribution < 1.29 is 0 Å². The minimum absolute atomic E-state index is 0.294. The number of benzene rings is 9. The molecule has 2 N–H and O–H groups in total. The molecule has 0 aliphatic heterocycles. The van der Waals surface area contributed by atoms with Gasteiger partial charge in [0.15, 0.2) is 5.84 Å². The van der Waals surface area contributed by atoms with Crippen LogP contribution in [0.3, 0.4) is 0 Å². The van der Waals surface area contributed by atoms with Crippen LogP contribution in [0.1, 0.15) is 11.1 Å². The van der Waals surface area contributed by atoms with Gasteiger partial charge in [-0.2, -0.15) is 0 Å². The molecule has 64 heavy (non-hydrogen) atoms. The van der Waals surface area contributed by atoms with Crippen LogP contribution < -0.4 is 5.73 Å². The fourth-order valence-electron chi connectivity index (χ4n) is 10.00. The Morgan fingerprint density at radius 3 is 1.69 bits per heavy atom. The molecule has 0 spiro atoms. The first kappa shape index (κ1) is 36.4. The first-order valence-electron chi connectivity index (χ1n) is 21.6. The highest BCUT2D eigenvalue weighted by atomic mass is 32.1. The van der Waals surface area contributed by atoms with Crippen LogP contribution in [0.25, 0.3) is 97.0 Å². The number of nitrogens with two attached hydrogens (primary N) is 1. The normalized spacial score (nSPS) is 12.7. The van der Waals surface area contributed by atoms with Gasteiger partial charge in [-0.25, -0.2) is 9.98 Å². The topological polar surface area (TPSA) is 65.5 Å². The van der Waals surface area contributed by atoms with Crippen LogP contribution in [0, 0.1) is 0 Å². The minimum Gasteiger partial charge on any atom is -0.383 e. The summed E-state index contributed by atoms with van der Waals surface area (Å²) in [7, 11) is 0. The van der Waals surface area contributed by atoms with E-state index in [0.717, 1.165) is 66.4 Å². The predicted molar refractivity (Wildman–Crippen MR) is 271 cm³/mol. The molecule has 9 aromatic carbocycles. The van der Waals surface area contributed by atoms with E-state index < -0.39 is 0 Å². The minimum atomic E-state index is 0.294. The van der Waals surface area contributed by atoms with E-state index in [0.29, 0.717) is 18.3 Å². The van der Waals surface area contributed by atoms with Crippen molar-refractivity contribution in [1.82, 2.24) is 13.7 Å². The molecule has 13 aromatic rings. The fourth-order valence-corrected chi connectivity index (χ4v) is 11.1. The first-order chi connectivity index (χ1) is 31.7. The van der Waals surface area contributed by atoms with Crippen LogP contribution >= 0.6 is 11.3 Å². The quantitative estimate of drug-likeness (QED) is 0.132. The average Bonchev–Trinajstić information content (AvgIpc) is 4.09. The van der Waals surface area contributed by atoms with Gasteiger partial charge in [-0.3, -0.25) is 0 Å². The summed E-state index contributed by atoms with van der Waals surface area (Å²) in [4.78, 5) is 10.7. The Kier molecular flexibility index (Phi) is 8.20. The van der Waals surface area contributed by atoms with Crippen molar-refractivity contribution in [2.75, 3.05) is 0 Å². The molecule has 7 heteroatoms. The number of thiophene rings is 1. The Bertz CT molecular complexity index is 4000. The summed E-state index contributed by atoms with van der Waals surface area (Å²) in [5.41, 5.74) is 17.6. The van der Waals surface area contributed by atoms with Crippen molar-refractivity contribution in [2.24, 2.45) is 15.7 Å². The van der Waals surface area contributed by atoms with Crippen LogP contribution in [0.15, 0.2) is 216 Å². The Morgan fingerprint density at radius 1 is 0.438 bits per heavy atom. The third-order valence-corrected chi connectivity index (χ3v) is 13.9. The van der Waals surface area contributed by atoms with E-state index in [-0.39, 0.29) is 0 Å². The summed E-state index contributed by atoms with van der Waals surface area (Å²) in [5.74, 6) is 0.992. The Labute approximate surface area is 371 Å². The summed E-state index contributed by atoms with van der Waals surface area (Å²) in [6.07, 6.45) is 0. The van der Waals surface area contributed by atoms with Gasteiger partial charge in [-0.15, -0.1) is 11.3 Å². The number of rotatable bonds is 6. The van der Waals surface area contributed by atoms with Gasteiger partial charge in [0.2, 0.25) is 0 Å². The summed E-state index contributed by atoms with van der Waals surface area (Å²) < 4.78 is 9.75. The predicted octanol–water partition coefficient (Wildman–Crippen LogP) is 14.2. The third kappa shape index (κ3) is 5.51. The maximum Gasteiger partial charge on any atom is 0.158 e. The Hall–Kier alpha value is -8.26. The summed E-state index contributed by atoms with van der Waals surface area (Å²) >= 11 is 1.79. The number of hydrogen-bond acceptors (Lipinski definition) is 2. The SMILES string of the molecule is NC(=NC(=NCn1c2ccccc2c2cc3c(c(-n4c5ccccc5c5ccccc54)c21)c1ccccc1n3-c1ccccc1)c1ccc2c(c1)sc1ccccc12)c1ccccc1. The van der Waals surface area contributed by atoms with Crippen LogP contribution in [0.5, 0.6) is 0 Å². The number of para-hydroxylation sites is 5. The van der Waals surface area contributed by atoms with E-state index in [1.165, 1.54) is 41.7 Å². The molecule has 0 radical (unpaired) electrons. The van der Waals surface area contributed by atoms with Crippen LogP contribution in [0.2, 0.25) is 0 Å². The van der Waals surface area contributed by atoms with E-state index in [1.807, 2.05) is 30.3 Å². The van der Waals surface area contributed by atoms with Crippen molar-refractivity contribution >= 4 is 109 Å². The number of aliphatic imine (C=N–C) groups is 2. The van der Waals surface area contributed by atoms with Gasteiger partial charge in [0.25, 0.3) is 0 Å². The molecule has 13 rings (SSSR count). The molecule has 0 atom stereocenters. The molecule has 4 aromatic heterocycles. The van der Waals surface area contributed by atoms with E-state index in [4.69, 9.17) is 15.7 Å². The molecule has 0 saturated heterocycles. The van der Waals surface area contributed by atoms with Crippen molar-refractivity contribution in [2.45, 2.75) is 6.67 Å². The van der Waals surface area contributed by atoms with Gasteiger partial charge >= 0.3 is 0 Å². The standard InChI is InChI=1S/C57H38N6S/c58-56(36-17-3-1-4-18-36)60-57(37-31-32-43-42-24-11-16-30-51(42)64-52(43)33-37)59-35-61-46-26-12-7-23-41(46)45-34-50-53(44-25-10-15-29-49(44)62(50)38-19-5-2-6-20-38)55(54(45)61)63-47-27-13-8-21-39(47)40-22-9-14-28-48(40)63/h1-34H,35H2,(H2,58,59,60). The van der Waals surface area contributed by atoms with Gasteiger partial charge in [-0.1, -0.05) is 152 Å². The van der Waals surface area contributed by atoms with Gasteiger partial charge in [0, 0.05) is 69.3 Å². The zero-order valence-electron chi connectivity index (χ0n) is 34.6. The molecule has 0 saturated carbocycles. The molecule has 4 heterocycles. The largest absolute Gasteiger partial charge is 0.383 e. The maximum atomic E-state index is 6.86. The van der Waals surface area contributed by atoms with Crippen molar-refractivity contribution in [3.05, 3.63) is 217 Å². The fraction of sp³-hybridized carbons (Fsp3) is 0.0175. The number of amidine groups is 2. The smallest absolute Gasteiger partial charge is 0.158 e. The van der Waals surface area contributed by atoms with Gasteiger partial charge in [0.05, 0.1) is 38.8 Å². The van der Waals surface area contributed by atoms with E-state index in [1.54, 1.807) is 11.3 Å². The lowest BCUT2D eigenvalue weighted by atomic mass is 10.1. The Morgan fingerprint density at radius 2 is 0.984 bits per heavy atom. The average molecular weight is 839 g/mol. The van der Waals surface area contributed by atoms with E-state index in [9.17, 15) is 0 Å². The number of hydrogen-bond donors (Lipinski definition) is 1. The summed E-state index contributed by atoms with van der Waals surface area (Å²) in [6.45, 7) is 0.294. The number of nitrogens with zero attached hydrogens (tertiary/aromatic N) is 5. The second-order valence-electron chi connectivity index (χ2n) is 16.3. The van der Waals surface area contributed by atoms with Crippen molar-refractivity contribution in [3.8, 4) is 11.4 Å². The second-order valence-corrected chi connectivity index (χ2v) is 17.4. The zero-order chi connectivity index (χ0) is 42.3. The molecule has 0 aliphatic rings. The molecule has 0 bridgehead atoms. The zero-order valence-corrected chi connectivity index (χ0v) is 35.4. The Balaban J connectivity index is 1.15. The highest BCUT2D eigenvalue weighted by molar-refractivity contribution is 7.25. The lowest BCUT2D eigenvalue weighted by Crippen LogP contribution is -2.16. The number of aromatic nitrogens is 3.